The van der Waals surface area contributed by atoms with Gasteiger partial charge in [0, 0.05) is 35.8 Å². The zero-order chi connectivity index (χ0) is 15.6. The van der Waals surface area contributed by atoms with E-state index in [2.05, 4.69) is 37.9 Å². The summed E-state index contributed by atoms with van der Waals surface area (Å²) in [5, 5.41) is 4.15. The monoisotopic (exact) mass is 312 g/mol. The molecule has 1 heterocycles. The summed E-state index contributed by atoms with van der Waals surface area (Å²) in [6.07, 6.45) is 1.07. The van der Waals surface area contributed by atoms with E-state index in [1.807, 2.05) is 0 Å². The van der Waals surface area contributed by atoms with Gasteiger partial charge in [-0.25, -0.2) is 4.39 Å². The topological polar surface area (TPSA) is 15.3 Å². The van der Waals surface area contributed by atoms with E-state index in [4.69, 9.17) is 11.6 Å². The Labute approximate surface area is 132 Å². The van der Waals surface area contributed by atoms with Crippen LogP contribution in [0.2, 0.25) is 5.02 Å². The predicted molar refractivity (Wildman–Crippen MR) is 87.1 cm³/mol. The molecule has 1 fully saturated rings. The highest BCUT2D eigenvalue weighted by Crippen LogP contribution is 2.27. The maximum atomic E-state index is 14.0. The summed E-state index contributed by atoms with van der Waals surface area (Å²) in [6.45, 7) is 11.4. The third-order valence-electron chi connectivity index (χ3n) is 4.46. The van der Waals surface area contributed by atoms with E-state index in [0.717, 1.165) is 19.5 Å². The van der Waals surface area contributed by atoms with Crippen LogP contribution in [0, 0.1) is 11.2 Å². The van der Waals surface area contributed by atoms with Gasteiger partial charge in [-0.1, -0.05) is 38.4 Å². The van der Waals surface area contributed by atoms with Gasteiger partial charge in [0.2, 0.25) is 0 Å². The first-order chi connectivity index (χ1) is 9.79. The van der Waals surface area contributed by atoms with E-state index in [1.54, 1.807) is 12.1 Å². The Morgan fingerprint density at radius 2 is 2.10 bits per heavy atom. The first-order valence-corrected chi connectivity index (χ1v) is 8.07. The first kappa shape index (κ1) is 16.7. The van der Waals surface area contributed by atoms with Gasteiger partial charge >= 0.3 is 0 Å². The van der Waals surface area contributed by atoms with Crippen molar-refractivity contribution < 1.29 is 4.39 Å². The van der Waals surface area contributed by atoms with Crippen molar-refractivity contribution in [2.24, 2.45) is 5.41 Å². The van der Waals surface area contributed by atoms with Gasteiger partial charge in [-0.15, -0.1) is 0 Å². The summed E-state index contributed by atoms with van der Waals surface area (Å²) < 4.78 is 14.0. The minimum absolute atomic E-state index is 0.182. The van der Waals surface area contributed by atoms with Gasteiger partial charge in [0.15, 0.2) is 0 Å². The van der Waals surface area contributed by atoms with Crippen molar-refractivity contribution >= 4 is 11.6 Å². The summed E-state index contributed by atoms with van der Waals surface area (Å²) >= 11 is 6.18. The van der Waals surface area contributed by atoms with Gasteiger partial charge in [-0.3, -0.25) is 4.90 Å². The van der Waals surface area contributed by atoms with Crippen molar-refractivity contribution in [1.82, 2.24) is 10.2 Å². The quantitative estimate of drug-likeness (QED) is 0.885. The molecular formula is C17H26ClFN2. The molecule has 4 heteroatoms. The number of benzene rings is 1. The fraction of sp³-hybridized carbons (Fsp3) is 0.647. The fourth-order valence-electron chi connectivity index (χ4n) is 2.81. The molecule has 0 radical (unpaired) electrons. The Bertz CT molecular complexity index is 464. The van der Waals surface area contributed by atoms with Gasteiger partial charge in [-0.05, 0) is 37.4 Å². The molecule has 0 amide bonds. The average Bonchev–Trinajstić information content (AvgIpc) is 2.56. The van der Waals surface area contributed by atoms with Crippen molar-refractivity contribution in [2.75, 3.05) is 13.1 Å². The molecule has 0 saturated carbocycles. The molecule has 2 rings (SSSR count). The minimum atomic E-state index is -0.209. The Morgan fingerprint density at radius 3 is 2.71 bits per heavy atom. The summed E-state index contributed by atoms with van der Waals surface area (Å²) in [6, 6.07) is 5.73. The molecule has 0 aliphatic carbocycles. The van der Waals surface area contributed by atoms with Gasteiger partial charge in [-0.2, -0.15) is 0 Å². The van der Waals surface area contributed by atoms with Crippen LogP contribution in [0.1, 0.15) is 39.7 Å². The Hall–Kier alpha value is -0.640. The molecule has 1 saturated heterocycles. The van der Waals surface area contributed by atoms with Crippen molar-refractivity contribution in [3.05, 3.63) is 34.6 Å². The Morgan fingerprint density at radius 1 is 1.38 bits per heavy atom. The number of rotatable bonds is 2. The molecule has 2 unspecified atom stereocenters. The fourth-order valence-corrected chi connectivity index (χ4v) is 3.04. The Balaban J connectivity index is 2.19. The molecule has 2 nitrogen and oxygen atoms in total. The van der Waals surface area contributed by atoms with Gasteiger partial charge in [0.25, 0.3) is 0 Å². The van der Waals surface area contributed by atoms with E-state index >= 15 is 0 Å². The lowest BCUT2D eigenvalue weighted by Crippen LogP contribution is -2.47. The van der Waals surface area contributed by atoms with Crippen LogP contribution < -0.4 is 5.32 Å². The highest BCUT2D eigenvalue weighted by molar-refractivity contribution is 6.31. The second-order valence-corrected chi connectivity index (χ2v) is 7.55. The van der Waals surface area contributed by atoms with Crippen LogP contribution in [0.5, 0.6) is 0 Å². The summed E-state index contributed by atoms with van der Waals surface area (Å²) in [7, 11) is 0. The molecule has 1 N–H and O–H groups in total. The van der Waals surface area contributed by atoms with E-state index in [-0.39, 0.29) is 11.2 Å². The molecule has 0 bridgehead atoms. The third kappa shape index (κ3) is 4.18. The number of nitrogens with zero attached hydrogens (tertiary/aromatic N) is 1. The smallest absolute Gasteiger partial charge is 0.129 e. The molecule has 1 aromatic carbocycles. The number of hydrogen-bond acceptors (Lipinski definition) is 2. The normalized spacial score (nSPS) is 24.9. The second-order valence-electron chi connectivity index (χ2n) is 7.14. The van der Waals surface area contributed by atoms with Crippen molar-refractivity contribution in [3.8, 4) is 0 Å². The van der Waals surface area contributed by atoms with E-state index in [9.17, 15) is 4.39 Å². The zero-order valence-electron chi connectivity index (χ0n) is 13.4. The molecule has 1 aliphatic heterocycles. The molecule has 21 heavy (non-hydrogen) atoms. The van der Waals surface area contributed by atoms with Crippen LogP contribution in [-0.4, -0.2) is 30.1 Å². The summed E-state index contributed by atoms with van der Waals surface area (Å²) in [5.74, 6) is -0.209. The van der Waals surface area contributed by atoms with E-state index in [1.165, 1.54) is 6.07 Å². The van der Waals surface area contributed by atoms with Crippen LogP contribution in [0.25, 0.3) is 0 Å². The van der Waals surface area contributed by atoms with Crippen molar-refractivity contribution in [1.29, 1.82) is 0 Å². The highest BCUT2D eigenvalue weighted by Gasteiger charge is 2.31. The Kier molecular flexibility index (Phi) is 5.29. The van der Waals surface area contributed by atoms with Gasteiger partial charge in [0.05, 0.1) is 0 Å². The van der Waals surface area contributed by atoms with Crippen molar-refractivity contribution in [2.45, 2.75) is 52.7 Å². The maximum Gasteiger partial charge on any atom is 0.129 e. The van der Waals surface area contributed by atoms with Crippen molar-refractivity contribution in [3.63, 3.8) is 0 Å². The lowest BCUT2D eigenvalue weighted by atomic mass is 9.86. The molecular weight excluding hydrogens is 287 g/mol. The number of halogens is 2. The highest BCUT2D eigenvalue weighted by atomic mass is 35.5. The molecule has 1 aromatic rings. The molecule has 118 valence electrons. The number of nitrogens with one attached hydrogen (secondary N) is 1. The van der Waals surface area contributed by atoms with Gasteiger partial charge < -0.3 is 5.32 Å². The molecule has 2 atom stereocenters. The van der Waals surface area contributed by atoms with E-state index in [0.29, 0.717) is 29.2 Å². The minimum Gasteiger partial charge on any atom is -0.312 e. The first-order valence-electron chi connectivity index (χ1n) is 7.69. The SMILES string of the molecule is CC1CCNC(C(C)(C)C)CN1Cc1c(F)cccc1Cl. The third-order valence-corrected chi connectivity index (χ3v) is 4.82. The standard InChI is InChI=1S/C17H26ClFN2/c1-12-8-9-20-16(17(2,3)4)11-21(12)10-13-14(18)6-5-7-15(13)19/h5-7,12,16,20H,8-11H2,1-4H3. The average molecular weight is 313 g/mol. The van der Waals surface area contributed by atoms with Gasteiger partial charge in [0.1, 0.15) is 5.82 Å². The molecule has 0 spiro atoms. The second kappa shape index (κ2) is 6.64. The summed E-state index contributed by atoms with van der Waals surface area (Å²) in [4.78, 5) is 2.35. The lowest BCUT2D eigenvalue weighted by Gasteiger charge is -2.35. The van der Waals surface area contributed by atoms with Crippen LogP contribution in [0.3, 0.4) is 0 Å². The zero-order valence-corrected chi connectivity index (χ0v) is 14.2. The van der Waals surface area contributed by atoms with Crippen LogP contribution in [0.15, 0.2) is 18.2 Å². The van der Waals surface area contributed by atoms with Crippen LogP contribution >= 0.6 is 11.6 Å². The lowest BCUT2D eigenvalue weighted by molar-refractivity contribution is 0.156. The summed E-state index contributed by atoms with van der Waals surface area (Å²) in [5.41, 5.74) is 0.794. The molecule has 0 aromatic heterocycles. The van der Waals surface area contributed by atoms with E-state index < -0.39 is 0 Å². The molecule has 1 aliphatic rings. The maximum absolute atomic E-state index is 14.0. The van der Waals surface area contributed by atoms with Crippen LogP contribution in [0.4, 0.5) is 4.39 Å². The largest absolute Gasteiger partial charge is 0.312 e. The predicted octanol–water partition coefficient (Wildman–Crippen LogP) is 4.08. The number of hydrogen-bond donors (Lipinski definition) is 1. The van der Waals surface area contributed by atoms with Crippen LogP contribution in [-0.2, 0) is 6.54 Å².